The van der Waals surface area contributed by atoms with E-state index in [0.29, 0.717) is 18.2 Å². The molecule has 1 fully saturated rings. The summed E-state index contributed by atoms with van der Waals surface area (Å²) in [5.41, 5.74) is 5.82. The van der Waals surface area contributed by atoms with Crippen molar-refractivity contribution in [2.75, 3.05) is 11.9 Å². The lowest BCUT2D eigenvalue weighted by molar-refractivity contribution is -0.384. The van der Waals surface area contributed by atoms with Crippen molar-refractivity contribution < 1.29 is 9.72 Å². The average Bonchev–Trinajstić information content (AvgIpc) is 2.49. The van der Waals surface area contributed by atoms with Crippen LogP contribution in [0.2, 0.25) is 5.02 Å². The Morgan fingerprint density at radius 2 is 2.05 bits per heavy atom. The molecule has 0 atom stereocenters. The number of hydrogen-bond acceptors (Lipinski definition) is 4. The molecule has 114 valence electrons. The Morgan fingerprint density at radius 3 is 2.62 bits per heavy atom. The maximum Gasteiger partial charge on any atom is 0.289 e. The first kappa shape index (κ1) is 15.7. The highest BCUT2D eigenvalue weighted by Crippen LogP contribution is 2.31. The zero-order valence-corrected chi connectivity index (χ0v) is 12.3. The van der Waals surface area contributed by atoms with E-state index in [1.54, 1.807) is 6.07 Å². The zero-order valence-electron chi connectivity index (χ0n) is 11.5. The largest absolute Gasteiger partial charge is 0.330 e. The topological polar surface area (TPSA) is 98.3 Å². The fourth-order valence-electron chi connectivity index (χ4n) is 2.63. The minimum absolute atomic E-state index is 0.0532. The van der Waals surface area contributed by atoms with Crippen LogP contribution in [-0.2, 0) is 4.79 Å². The van der Waals surface area contributed by atoms with Gasteiger partial charge >= 0.3 is 0 Å². The molecule has 2 rings (SSSR count). The number of nitro groups is 1. The van der Waals surface area contributed by atoms with Gasteiger partial charge in [-0.2, -0.15) is 0 Å². The van der Waals surface area contributed by atoms with Gasteiger partial charge in [-0.15, -0.1) is 0 Å². The molecule has 1 aromatic carbocycles. The van der Waals surface area contributed by atoms with Gasteiger partial charge in [0.05, 0.1) is 4.92 Å². The predicted molar refractivity (Wildman–Crippen MR) is 81.2 cm³/mol. The number of halogens is 1. The second kappa shape index (κ2) is 6.87. The molecule has 3 N–H and O–H groups in total. The summed E-state index contributed by atoms with van der Waals surface area (Å²) >= 11 is 5.74. The van der Waals surface area contributed by atoms with Crippen LogP contribution in [0.25, 0.3) is 0 Å². The van der Waals surface area contributed by atoms with Gasteiger partial charge in [-0.05, 0) is 50.3 Å². The van der Waals surface area contributed by atoms with Gasteiger partial charge in [-0.3, -0.25) is 14.9 Å². The van der Waals surface area contributed by atoms with Crippen molar-refractivity contribution in [3.05, 3.63) is 33.3 Å². The van der Waals surface area contributed by atoms with Gasteiger partial charge in [-0.1, -0.05) is 11.6 Å². The number of rotatable bonds is 4. The van der Waals surface area contributed by atoms with Crippen LogP contribution in [0.5, 0.6) is 0 Å². The molecule has 0 aliphatic heterocycles. The number of amides is 1. The fraction of sp³-hybridized carbons (Fsp3) is 0.500. The number of nitrogens with two attached hydrogens (primary N) is 1. The van der Waals surface area contributed by atoms with Crippen molar-refractivity contribution in [1.82, 2.24) is 0 Å². The van der Waals surface area contributed by atoms with E-state index in [1.165, 1.54) is 12.1 Å². The number of carbonyl (C=O) groups excluding carboxylic acids is 1. The van der Waals surface area contributed by atoms with Crippen LogP contribution in [0.3, 0.4) is 0 Å². The molecule has 0 bridgehead atoms. The highest BCUT2D eigenvalue weighted by atomic mass is 35.5. The Balaban J connectivity index is 2.00. The Labute approximate surface area is 127 Å². The number of hydrogen-bond donors (Lipinski definition) is 2. The van der Waals surface area contributed by atoms with Crippen molar-refractivity contribution in [3.8, 4) is 0 Å². The molecule has 6 nitrogen and oxygen atoms in total. The number of carbonyl (C=O) groups is 1. The summed E-state index contributed by atoms with van der Waals surface area (Å²) in [5.74, 6) is 0.357. The summed E-state index contributed by atoms with van der Waals surface area (Å²) in [5, 5.41) is 13.6. The quantitative estimate of drug-likeness (QED) is 0.659. The lowest BCUT2D eigenvalue weighted by Gasteiger charge is -2.26. The molecule has 0 radical (unpaired) electrons. The lowest BCUT2D eigenvalue weighted by Crippen LogP contribution is -2.29. The average molecular weight is 312 g/mol. The summed E-state index contributed by atoms with van der Waals surface area (Å²) in [6.07, 6.45) is 3.53. The van der Waals surface area contributed by atoms with Crippen LogP contribution < -0.4 is 11.1 Å². The first-order valence-electron chi connectivity index (χ1n) is 6.96. The molecule has 0 heterocycles. The Hall–Kier alpha value is -1.66. The van der Waals surface area contributed by atoms with Crippen LogP contribution in [0, 0.1) is 22.0 Å². The maximum absolute atomic E-state index is 12.2. The number of nitro benzene ring substituents is 1. The third kappa shape index (κ3) is 3.92. The van der Waals surface area contributed by atoms with Crippen LogP contribution in [0.1, 0.15) is 25.7 Å². The van der Waals surface area contributed by atoms with Gasteiger partial charge in [0.1, 0.15) is 5.02 Å². The molecule has 0 aromatic heterocycles. The zero-order chi connectivity index (χ0) is 15.4. The molecular formula is C14H18ClN3O3. The molecule has 0 unspecified atom stereocenters. The molecule has 1 saturated carbocycles. The van der Waals surface area contributed by atoms with E-state index in [0.717, 1.165) is 25.7 Å². The lowest BCUT2D eigenvalue weighted by atomic mass is 9.81. The smallest absolute Gasteiger partial charge is 0.289 e. The van der Waals surface area contributed by atoms with Gasteiger partial charge in [0.15, 0.2) is 0 Å². The fourth-order valence-corrected chi connectivity index (χ4v) is 2.82. The van der Waals surface area contributed by atoms with Crippen molar-refractivity contribution in [1.29, 1.82) is 0 Å². The predicted octanol–water partition coefficient (Wildman–Crippen LogP) is 2.95. The summed E-state index contributed by atoms with van der Waals surface area (Å²) < 4.78 is 0. The minimum Gasteiger partial charge on any atom is -0.330 e. The summed E-state index contributed by atoms with van der Waals surface area (Å²) in [7, 11) is 0. The first-order valence-corrected chi connectivity index (χ1v) is 7.34. The second-order valence-electron chi connectivity index (χ2n) is 5.37. The van der Waals surface area contributed by atoms with E-state index >= 15 is 0 Å². The third-order valence-corrected chi connectivity index (χ3v) is 4.28. The molecule has 1 aromatic rings. The standard InChI is InChI=1S/C14H18ClN3O3/c15-12-6-5-11(7-13(12)18(20)21)17-14(19)10-3-1-9(8-16)2-4-10/h5-7,9-10H,1-4,8,16H2,(H,17,19). The Kier molecular flexibility index (Phi) is 5.14. The van der Waals surface area contributed by atoms with Crippen LogP contribution >= 0.6 is 11.6 Å². The maximum atomic E-state index is 12.2. The first-order chi connectivity index (χ1) is 10.0. The SMILES string of the molecule is NCC1CCC(C(=O)Nc2ccc(Cl)c([N+](=O)[O-])c2)CC1. The third-order valence-electron chi connectivity index (χ3n) is 3.96. The number of nitrogens with one attached hydrogen (secondary N) is 1. The van der Waals surface area contributed by atoms with Crippen LogP contribution in [0.15, 0.2) is 18.2 Å². The molecule has 21 heavy (non-hydrogen) atoms. The number of nitrogens with zero attached hydrogens (tertiary/aromatic N) is 1. The molecule has 0 saturated heterocycles. The second-order valence-corrected chi connectivity index (χ2v) is 5.77. The highest BCUT2D eigenvalue weighted by molar-refractivity contribution is 6.32. The van der Waals surface area contributed by atoms with E-state index in [4.69, 9.17) is 17.3 Å². The highest BCUT2D eigenvalue weighted by Gasteiger charge is 2.26. The van der Waals surface area contributed by atoms with E-state index in [2.05, 4.69) is 5.32 Å². The molecule has 1 aliphatic rings. The normalized spacial score (nSPS) is 21.8. The Morgan fingerprint density at radius 1 is 1.38 bits per heavy atom. The van der Waals surface area contributed by atoms with Crippen molar-refractivity contribution >= 4 is 28.9 Å². The van der Waals surface area contributed by atoms with Crippen molar-refractivity contribution in [2.45, 2.75) is 25.7 Å². The van der Waals surface area contributed by atoms with E-state index in [9.17, 15) is 14.9 Å². The van der Waals surface area contributed by atoms with Gasteiger partial charge in [0.25, 0.3) is 5.69 Å². The van der Waals surface area contributed by atoms with Crippen LogP contribution in [0.4, 0.5) is 11.4 Å². The Bertz CT molecular complexity index is 542. The van der Waals surface area contributed by atoms with Crippen LogP contribution in [-0.4, -0.2) is 17.4 Å². The van der Waals surface area contributed by atoms with Crippen molar-refractivity contribution in [2.24, 2.45) is 17.6 Å². The van der Waals surface area contributed by atoms with Gasteiger partial charge in [0, 0.05) is 17.7 Å². The molecular weight excluding hydrogens is 294 g/mol. The molecule has 0 spiro atoms. The molecule has 1 amide bonds. The van der Waals surface area contributed by atoms with Gasteiger partial charge in [-0.25, -0.2) is 0 Å². The van der Waals surface area contributed by atoms with E-state index in [1.807, 2.05) is 0 Å². The minimum atomic E-state index is -0.565. The van der Waals surface area contributed by atoms with Gasteiger partial charge < -0.3 is 11.1 Å². The monoisotopic (exact) mass is 311 g/mol. The van der Waals surface area contributed by atoms with Crippen molar-refractivity contribution in [3.63, 3.8) is 0 Å². The van der Waals surface area contributed by atoms with E-state index in [-0.39, 0.29) is 22.5 Å². The number of anilines is 1. The summed E-state index contributed by atoms with van der Waals surface area (Å²) in [6, 6.07) is 4.27. The van der Waals surface area contributed by atoms with Gasteiger partial charge in [0.2, 0.25) is 5.91 Å². The summed E-state index contributed by atoms with van der Waals surface area (Å²) in [6.45, 7) is 0.664. The number of benzene rings is 1. The summed E-state index contributed by atoms with van der Waals surface area (Å²) in [4.78, 5) is 22.4. The van der Waals surface area contributed by atoms with E-state index < -0.39 is 4.92 Å². The molecule has 7 heteroatoms. The molecule has 1 aliphatic carbocycles.